The van der Waals surface area contributed by atoms with Crippen molar-refractivity contribution in [2.45, 2.75) is 13.8 Å². The van der Waals surface area contributed by atoms with Crippen molar-refractivity contribution in [3.63, 3.8) is 0 Å². The summed E-state index contributed by atoms with van der Waals surface area (Å²) in [5, 5.41) is 15.0. The Bertz CT molecular complexity index is 1570. The van der Waals surface area contributed by atoms with Gasteiger partial charge < -0.3 is 32.3 Å². The molecule has 7 N–H and O–H groups in total. The van der Waals surface area contributed by atoms with Crippen LogP contribution in [0.2, 0.25) is 15.3 Å². The quantitative estimate of drug-likeness (QED) is 0.118. The van der Waals surface area contributed by atoms with E-state index in [2.05, 4.69) is 46.5 Å². The molecule has 0 radical (unpaired) electrons. The minimum atomic E-state index is -0.120. The van der Waals surface area contributed by atoms with Gasteiger partial charge in [-0.1, -0.05) is 23.2 Å². The van der Waals surface area contributed by atoms with Gasteiger partial charge in [-0.3, -0.25) is 9.59 Å². The third kappa shape index (κ3) is 10.4. The number of benzene rings is 2. The van der Waals surface area contributed by atoms with Gasteiger partial charge in [-0.25, -0.2) is 9.97 Å². The van der Waals surface area contributed by atoms with Crippen molar-refractivity contribution in [1.82, 2.24) is 30.6 Å². The number of carbonyl (C=O) groups is 2. The maximum absolute atomic E-state index is 11.6. The molecule has 0 saturated heterocycles. The smallest absolute Gasteiger partial charge is 0.251 e. The second-order valence-corrected chi connectivity index (χ2v) is 9.76. The third-order valence-electron chi connectivity index (χ3n) is 5.65. The van der Waals surface area contributed by atoms with Gasteiger partial charge in [-0.15, -0.1) is 0 Å². The molecule has 2 heterocycles. The second-order valence-electron chi connectivity index (χ2n) is 8.61. The van der Waals surface area contributed by atoms with Crippen LogP contribution in [0.1, 0.15) is 31.8 Å². The van der Waals surface area contributed by atoms with Crippen molar-refractivity contribution in [2.24, 2.45) is 0 Å². The number of nitrogen functional groups attached to an aromatic ring is 1. The molecule has 0 bridgehead atoms. The van der Waals surface area contributed by atoms with E-state index < -0.39 is 0 Å². The predicted molar refractivity (Wildman–Crippen MR) is 175 cm³/mol. The van der Waals surface area contributed by atoms with Crippen LogP contribution in [0.25, 0.3) is 0 Å². The first-order valence-electron chi connectivity index (χ1n) is 12.7. The molecule has 0 fully saturated rings. The van der Waals surface area contributed by atoms with Crippen LogP contribution in [0.5, 0.6) is 0 Å². The van der Waals surface area contributed by atoms with Gasteiger partial charge >= 0.3 is 0 Å². The lowest BCUT2D eigenvalue weighted by Gasteiger charge is -2.11. The molecule has 12 nitrogen and oxygen atoms in total. The lowest BCUT2D eigenvalue weighted by atomic mass is 10.1. The van der Waals surface area contributed by atoms with Crippen LogP contribution < -0.4 is 32.3 Å². The molecular formula is C28H33Cl3N10O2. The van der Waals surface area contributed by atoms with E-state index in [-0.39, 0.29) is 17.1 Å². The Kier molecular flexibility index (Phi) is 13.7. The average Bonchev–Trinajstić information content (AvgIpc) is 3.01. The van der Waals surface area contributed by atoms with E-state index in [0.717, 1.165) is 16.8 Å². The number of nitrogens with two attached hydrogens (primary N) is 1. The zero-order valence-electron chi connectivity index (χ0n) is 24.4. The Balaban J connectivity index is 0.000000248. The molecule has 0 spiro atoms. The summed E-state index contributed by atoms with van der Waals surface area (Å²) in [5.74, 6) is 1.32. The van der Waals surface area contributed by atoms with Crippen LogP contribution >= 0.6 is 34.8 Å². The Morgan fingerprint density at radius 2 is 1.23 bits per heavy atom. The van der Waals surface area contributed by atoms with Crippen LogP contribution in [0.15, 0.2) is 48.8 Å². The molecule has 43 heavy (non-hydrogen) atoms. The van der Waals surface area contributed by atoms with E-state index in [4.69, 9.17) is 40.5 Å². The number of anilines is 5. The summed E-state index contributed by atoms with van der Waals surface area (Å²) >= 11 is 17.1. The van der Waals surface area contributed by atoms with Crippen LogP contribution in [-0.4, -0.2) is 59.9 Å². The summed E-state index contributed by atoms with van der Waals surface area (Å²) in [6.07, 6.45) is 2.97. The van der Waals surface area contributed by atoms with Crippen LogP contribution in [-0.2, 0) is 0 Å². The number of aryl methyl sites for hydroxylation is 2. The lowest BCUT2D eigenvalue weighted by Crippen LogP contribution is -2.17. The highest BCUT2D eigenvalue weighted by Crippen LogP contribution is 2.23. The average molecular weight is 648 g/mol. The number of amides is 2. The number of rotatable bonds is 6. The number of halogens is 3. The van der Waals surface area contributed by atoms with Crippen molar-refractivity contribution in [3.8, 4) is 0 Å². The van der Waals surface area contributed by atoms with Crippen molar-refractivity contribution < 1.29 is 9.59 Å². The van der Waals surface area contributed by atoms with Crippen molar-refractivity contribution in [2.75, 3.05) is 49.9 Å². The summed E-state index contributed by atoms with van der Waals surface area (Å²) in [6.45, 7) is 3.78. The molecule has 15 heteroatoms. The third-order valence-corrected chi connectivity index (χ3v) is 6.39. The van der Waals surface area contributed by atoms with Crippen molar-refractivity contribution in [3.05, 3.63) is 86.4 Å². The Morgan fingerprint density at radius 3 is 1.72 bits per heavy atom. The van der Waals surface area contributed by atoms with Crippen LogP contribution in [0.4, 0.5) is 29.0 Å². The van der Waals surface area contributed by atoms with Gasteiger partial charge in [-0.2, -0.15) is 9.97 Å². The number of hydrogen-bond acceptors (Lipinski definition) is 10. The van der Waals surface area contributed by atoms with E-state index >= 15 is 0 Å². The first-order chi connectivity index (χ1) is 20.4. The van der Waals surface area contributed by atoms with Gasteiger partial charge in [0.2, 0.25) is 11.2 Å². The highest BCUT2D eigenvalue weighted by molar-refractivity contribution is 6.33. The summed E-state index contributed by atoms with van der Waals surface area (Å²) < 4.78 is 0. The molecule has 0 unspecified atom stereocenters. The summed E-state index contributed by atoms with van der Waals surface area (Å²) in [7, 11) is 6.66. The van der Waals surface area contributed by atoms with Crippen LogP contribution in [0, 0.1) is 13.8 Å². The fourth-order valence-corrected chi connectivity index (χ4v) is 3.80. The molecule has 2 aromatic carbocycles. The number of aromatic nitrogens is 4. The van der Waals surface area contributed by atoms with Gasteiger partial charge in [0.05, 0.1) is 12.4 Å². The molecule has 4 aromatic rings. The summed E-state index contributed by atoms with van der Waals surface area (Å²) in [4.78, 5) is 38.6. The molecule has 228 valence electrons. The molecule has 0 aliphatic rings. The fourth-order valence-electron chi connectivity index (χ4n) is 3.29. The number of nitrogens with zero attached hydrogens (tertiary/aromatic N) is 4. The highest BCUT2D eigenvalue weighted by Gasteiger charge is 2.09. The molecule has 2 amide bonds. The molecule has 2 aromatic heterocycles. The molecule has 0 saturated carbocycles. The largest absolute Gasteiger partial charge is 0.399 e. The Hall–Kier alpha value is -4.39. The lowest BCUT2D eigenvalue weighted by molar-refractivity contribution is 0.0955. The first kappa shape index (κ1) is 34.8. The maximum Gasteiger partial charge on any atom is 0.251 e. The Morgan fingerprint density at radius 1 is 0.721 bits per heavy atom. The zero-order valence-corrected chi connectivity index (χ0v) is 26.7. The predicted octanol–water partition coefficient (Wildman–Crippen LogP) is 5.35. The normalized spacial score (nSPS) is 9.79. The minimum absolute atomic E-state index is 0.0851. The van der Waals surface area contributed by atoms with E-state index in [1.165, 1.54) is 12.4 Å². The van der Waals surface area contributed by atoms with E-state index in [9.17, 15) is 9.59 Å². The van der Waals surface area contributed by atoms with Crippen molar-refractivity contribution >= 4 is 75.6 Å². The van der Waals surface area contributed by atoms with E-state index in [1.54, 1.807) is 58.5 Å². The highest BCUT2D eigenvalue weighted by atomic mass is 35.5. The topological polar surface area (TPSA) is 172 Å². The second kappa shape index (κ2) is 16.9. The minimum Gasteiger partial charge on any atom is -0.399 e. The summed E-state index contributed by atoms with van der Waals surface area (Å²) in [6, 6.07) is 10.6. The molecular weight excluding hydrogens is 615 g/mol. The van der Waals surface area contributed by atoms with Gasteiger partial charge in [0.15, 0.2) is 0 Å². The SMILES string of the molecule is CNC(=O)c1ccc(N)c(C)c1.CNC(=O)c1ccc(Nc2ncc(Cl)c(NC)n2)c(C)c1.CNc1nc(Cl)ncc1Cl. The standard InChI is InChI=1S/C14H16ClN5O.C9H12N2O.C5H5Cl2N3/c1-8-6-9(13(21)17-3)4-5-11(8)19-14-18-7-10(15)12(16-2)20-14;1-6-5-7(9(12)11-2)3-4-8(6)10;1-8-4-3(6)2-9-5(7)10-4/h4-7H,1-3H3,(H,17,21)(H2,16,18,19,20);3-5H,10H2,1-2H3,(H,11,12);2H,1H3,(H,8,9,10). The summed E-state index contributed by atoms with van der Waals surface area (Å²) in [5.41, 5.74) is 10.2. The molecule has 0 atom stereocenters. The number of carbonyl (C=O) groups excluding carboxylic acids is 2. The zero-order chi connectivity index (χ0) is 32.1. The molecule has 4 rings (SSSR count). The van der Waals surface area contributed by atoms with Gasteiger partial charge in [-0.05, 0) is 73.0 Å². The number of nitrogens with one attached hydrogen (secondary N) is 5. The monoisotopic (exact) mass is 646 g/mol. The van der Waals surface area contributed by atoms with Crippen molar-refractivity contribution in [1.29, 1.82) is 0 Å². The molecule has 0 aliphatic carbocycles. The van der Waals surface area contributed by atoms with Gasteiger partial charge in [0.25, 0.3) is 11.8 Å². The van der Waals surface area contributed by atoms with E-state index in [0.29, 0.717) is 44.4 Å². The molecule has 0 aliphatic heterocycles. The van der Waals surface area contributed by atoms with Gasteiger partial charge in [0.1, 0.15) is 21.7 Å². The van der Waals surface area contributed by atoms with Crippen LogP contribution in [0.3, 0.4) is 0 Å². The van der Waals surface area contributed by atoms with E-state index in [1.807, 2.05) is 19.9 Å². The Labute approximate surface area is 265 Å². The fraction of sp³-hybridized carbons (Fsp3) is 0.214. The number of hydrogen-bond donors (Lipinski definition) is 6. The maximum atomic E-state index is 11.6. The first-order valence-corrected chi connectivity index (χ1v) is 13.8. The van der Waals surface area contributed by atoms with Gasteiger partial charge in [0, 0.05) is 50.7 Å².